The third kappa shape index (κ3) is 3.47. The fourth-order valence-electron chi connectivity index (χ4n) is 3.60. The number of benzene rings is 1. The van der Waals surface area contributed by atoms with Crippen molar-refractivity contribution in [1.29, 1.82) is 0 Å². The van der Waals surface area contributed by atoms with Crippen LogP contribution >= 0.6 is 0 Å². The molecule has 1 amide bonds. The fourth-order valence-corrected chi connectivity index (χ4v) is 3.60. The van der Waals surface area contributed by atoms with E-state index in [0.717, 1.165) is 0 Å². The van der Waals surface area contributed by atoms with Gasteiger partial charge in [-0.2, -0.15) is 13.2 Å². The Morgan fingerprint density at radius 3 is 2.63 bits per heavy atom. The van der Waals surface area contributed by atoms with Gasteiger partial charge in [-0.05, 0) is 24.8 Å². The molecule has 158 valence electrons. The van der Waals surface area contributed by atoms with Crippen molar-refractivity contribution >= 4 is 39.2 Å². The van der Waals surface area contributed by atoms with Crippen LogP contribution in [0.5, 0.6) is 0 Å². The number of fused-ring (bicyclic) bond motifs is 3. The summed E-state index contributed by atoms with van der Waals surface area (Å²) < 4.78 is 40.6. The van der Waals surface area contributed by atoms with Gasteiger partial charge in [-0.1, -0.05) is 12.1 Å². The van der Waals surface area contributed by atoms with Crippen molar-refractivity contribution in [3.8, 4) is 0 Å². The van der Waals surface area contributed by atoms with Crippen LogP contribution in [0.15, 0.2) is 30.6 Å². The number of nitrogens with one attached hydrogen (secondary N) is 3. The van der Waals surface area contributed by atoms with Crippen LogP contribution in [0.1, 0.15) is 28.8 Å². The van der Waals surface area contributed by atoms with Gasteiger partial charge in [0.1, 0.15) is 11.9 Å². The zero-order valence-electron chi connectivity index (χ0n) is 15.7. The monoisotopic (exact) mass is 419 g/mol. The van der Waals surface area contributed by atoms with E-state index in [1.54, 1.807) is 18.2 Å². The molecule has 2 heterocycles. The van der Waals surface area contributed by atoms with E-state index in [1.807, 2.05) is 0 Å². The SMILES string of the molecule is NN/C=C(\N)c1ccc2c(c1)[nH]c1c(C(N)=O)cnc(NC(C3CC3)C(F)(F)F)c12. The summed E-state index contributed by atoms with van der Waals surface area (Å²) in [5.74, 6) is 4.05. The molecule has 2 aromatic heterocycles. The lowest BCUT2D eigenvalue weighted by molar-refractivity contribution is -0.146. The topological polar surface area (TPSA) is 148 Å². The van der Waals surface area contributed by atoms with Gasteiger partial charge >= 0.3 is 6.18 Å². The lowest BCUT2D eigenvalue weighted by Crippen LogP contribution is -2.38. The molecule has 11 heteroatoms. The van der Waals surface area contributed by atoms with Gasteiger partial charge in [0.2, 0.25) is 0 Å². The number of primary amides is 1. The van der Waals surface area contributed by atoms with Crippen LogP contribution in [-0.2, 0) is 0 Å². The summed E-state index contributed by atoms with van der Waals surface area (Å²) in [6.07, 6.45) is -0.853. The number of alkyl halides is 3. The van der Waals surface area contributed by atoms with Gasteiger partial charge in [-0.15, -0.1) is 0 Å². The highest BCUT2D eigenvalue weighted by atomic mass is 19.4. The Kier molecular flexibility index (Phi) is 4.69. The zero-order chi connectivity index (χ0) is 21.6. The van der Waals surface area contributed by atoms with Crippen molar-refractivity contribution in [3.63, 3.8) is 0 Å². The number of H-pyrrole nitrogens is 1. The van der Waals surface area contributed by atoms with Crippen molar-refractivity contribution in [2.24, 2.45) is 23.2 Å². The second kappa shape index (κ2) is 7.10. The highest BCUT2D eigenvalue weighted by Crippen LogP contribution is 2.43. The lowest BCUT2D eigenvalue weighted by atomic mass is 10.1. The predicted molar refractivity (Wildman–Crippen MR) is 108 cm³/mol. The van der Waals surface area contributed by atoms with Gasteiger partial charge in [0, 0.05) is 28.9 Å². The Balaban J connectivity index is 1.91. The third-order valence-corrected chi connectivity index (χ3v) is 5.20. The highest BCUT2D eigenvalue weighted by Gasteiger charge is 2.49. The largest absolute Gasteiger partial charge is 0.408 e. The van der Waals surface area contributed by atoms with Gasteiger partial charge in [0.15, 0.2) is 0 Å². The second-order valence-electron chi connectivity index (χ2n) is 7.29. The normalized spacial score (nSPS) is 16.1. The number of aromatic amines is 1. The summed E-state index contributed by atoms with van der Waals surface area (Å²) in [4.78, 5) is 19.0. The molecule has 1 aromatic carbocycles. The Bertz CT molecular complexity index is 1160. The number of halogens is 3. The van der Waals surface area contributed by atoms with Crippen LogP contribution in [0.3, 0.4) is 0 Å². The number of pyridine rings is 1. The van der Waals surface area contributed by atoms with Crippen LogP contribution in [-0.4, -0.2) is 28.1 Å². The molecule has 4 rings (SSSR count). The number of anilines is 1. The number of nitrogens with zero attached hydrogens (tertiary/aromatic N) is 1. The van der Waals surface area contributed by atoms with Crippen molar-refractivity contribution in [1.82, 2.24) is 15.4 Å². The van der Waals surface area contributed by atoms with Crippen molar-refractivity contribution in [2.75, 3.05) is 5.32 Å². The second-order valence-corrected chi connectivity index (χ2v) is 7.29. The minimum Gasteiger partial charge on any atom is -0.397 e. The third-order valence-electron chi connectivity index (χ3n) is 5.20. The van der Waals surface area contributed by atoms with Crippen LogP contribution in [0.4, 0.5) is 19.0 Å². The Hall–Kier alpha value is -3.47. The molecule has 3 aromatic rings. The van der Waals surface area contributed by atoms with E-state index in [9.17, 15) is 18.0 Å². The first-order valence-corrected chi connectivity index (χ1v) is 9.20. The molecule has 0 bridgehead atoms. The number of amides is 1. The Labute approximate surface area is 168 Å². The standard InChI is InChI=1S/C19H20F3N7O/c20-19(21,22)16(8-1-2-8)29-18-14-10-4-3-9(12(23)7-27-25)5-13(10)28-15(14)11(6-26-18)17(24)30/h3-8,16,27-28H,1-2,23,25H2,(H2,24,30)(H,26,29)/b12-7-. The van der Waals surface area contributed by atoms with Gasteiger partial charge in [-0.25, -0.2) is 4.98 Å². The summed E-state index contributed by atoms with van der Waals surface area (Å²) in [5, 5.41) is 3.50. The van der Waals surface area contributed by atoms with Crippen LogP contribution in [0.25, 0.3) is 27.5 Å². The summed E-state index contributed by atoms with van der Waals surface area (Å²) in [6, 6.07) is 3.38. The number of nitrogens with two attached hydrogens (primary N) is 3. The van der Waals surface area contributed by atoms with Crippen molar-refractivity contribution < 1.29 is 18.0 Å². The van der Waals surface area contributed by atoms with Gasteiger partial charge in [-0.3, -0.25) is 10.6 Å². The first kappa shape index (κ1) is 19.8. The number of hydrazine groups is 1. The molecule has 8 nitrogen and oxygen atoms in total. The van der Waals surface area contributed by atoms with Gasteiger partial charge in [0.05, 0.1) is 22.2 Å². The average Bonchev–Trinajstić information content (AvgIpc) is 3.43. The van der Waals surface area contributed by atoms with Crippen LogP contribution < -0.4 is 28.1 Å². The zero-order valence-corrected chi connectivity index (χ0v) is 15.7. The van der Waals surface area contributed by atoms with Gasteiger partial charge in [0.25, 0.3) is 5.91 Å². The maximum Gasteiger partial charge on any atom is 0.408 e. The van der Waals surface area contributed by atoms with E-state index >= 15 is 0 Å². The maximum absolute atomic E-state index is 13.5. The molecule has 1 aliphatic rings. The number of rotatable bonds is 6. The molecular weight excluding hydrogens is 399 g/mol. The van der Waals surface area contributed by atoms with Gasteiger partial charge < -0.3 is 27.2 Å². The van der Waals surface area contributed by atoms with Crippen molar-refractivity contribution in [2.45, 2.75) is 25.1 Å². The van der Waals surface area contributed by atoms with Crippen molar-refractivity contribution in [3.05, 3.63) is 41.7 Å². The number of hydrogen-bond donors (Lipinski definition) is 6. The molecule has 1 fully saturated rings. The Morgan fingerprint density at radius 2 is 2.03 bits per heavy atom. The fraction of sp³-hybridized carbons (Fsp3) is 0.263. The molecular formula is C19H20F3N7O. The quantitative estimate of drug-likeness (QED) is 0.267. The molecule has 30 heavy (non-hydrogen) atoms. The smallest absolute Gasteiger partial charge is 0.397 e. The molecule has 0 spiro atoms. The number of aromatic nitrogens is 2. The summed E-state index contributed by atoms with van der Waals surface area (Å²) in [6.45, 7) is 0. The number of hydrogen-bond acceptors (Lipinski definition) is 6. The van der Waals surface area contributed by atoms with E-state index in [4.69, 9.17) is 17.3 Å². The molecule has 1 atom stereocenters. The number of carbonyl (C=O) groups excluding carboxylic acids is 1. The van der Waals surface area contributed by atoms with E-state index in [1.165, 1.54) is 12.4 Å². The summed E-state index contributed by atoms with van der Waals surface area (Å²) in [5.41, 5.74) is 15.7. The van der Waals surface area contributed by atoms with E-state index in [2.05, 4.69) is 20.7 Å². The molecule has 1 saturated carbocycles. The summed E-state index contributed by atoms with van der Waals surface area (Å²) in [7, 11) is 0. The van der Waals surface area contributed by atoms with Crippen LogP contribution in [0.2, 0.25) is 0 Å². The molecule has 1 aliphatic carbocycles. The lowest BCUT2D eigenvalue weighted by Gasteiger charge is -2.22. The molecule has 0 radical (unpaired) electrons. The number of carbonyl (C=O) groups is 1. The first-order valence-electron chi connectivity index (χ1n) is 9.20. The highest BCUT2D eigenvalue weighted by molar-refractivity contribution is 6.18. The minimum atomic E-state index is -4.43. The molecule has 9 N–H and O–H groups in total. The maximum atomic E-state index is 13.5. The van der Waals surface area contributed by atoms with Crippen LogP contribution in [0, 0.1) is 5.92 Å². The predicted octanol–water partition coefficient (Wildman–Crippen LogP) is 2.29. The average molecular weight is 419 g/mol. The van der Waals surface area contributed by atoms with E-state index in [-0.39, 0.29) is 11.4 Å². The minimum absolute atomic E-state index is 0.0374. The molecule has 0 saturated heterocycles. The molecule has 0 aliphatic heterocycles. The first-order chi connectivity index (χ1) is 14.2. The molecule has 1 unspecified atom stereocenters. The van der Waals surface area contributed by atoms with E-state index in [0.29, 0.717) is 45.9 Å². The summed E-state index contributed by atoms with van der Waals surface area (Å²) >= 11 is 0. The Morgan fingerprint density at radius 1 is 1.30 bits per heavy atom. The van der Waals surface area contributed by atoms with E-state index < -0.39 is 24.0 Å².